The van der Waals surface area contributed by atoms with Crippen LogP contribution in [0.5, 0.6) is 0 Å². The van der Waals surface area contributed by atoms with Gasteiger partial charge in [0.1, 0.15) is 0 Å². The number of benzene rings is 1. The topological polar surface area (TPSA) is 86.8 Å². The summed E-state index contributed by atoms with van der Waals surface area (Å²) < 4.78 is 27.1. The summed E-state index contributed by atoms with van der Waals surface area (Å²) in [6.07, 6.45) is 1.67. The first-order chi connectivity index (χ1) is 12.8. The predicted octanol–water partition coefficient (Wildman–Crippen LogP) is 1.99. The third-order valence-electron chi connectivity index (χ3n) is 4.58. The molecular weight excluding hydrogens is 366 g/mol. The van der Waals surface area contributed by atoms with Crippen molar-refractivity contribution in [2.24, 2.45) is 5.92 Å². The molecule has 7 nitrogen and oxygen atoms in total. The first kappa shape index (κ1) is 21.4. The van der Waals surface area contributed by atoms with Crippen LogP contribution in [0.2, 0.25) is 0 Å². The lowest BCUT2D eigenvalue weighted by Gasteiger charge is -2.22. The first-order valence-electron chi connectivity index (χ1n) is 9.53. The number of amides is 2. The normalized spacial score (nSPS) is 17.6. The van der Waals surface area contributed by atoms with Crippen LogP contribution in [0.1, 0.15) is 40.0 Å². The molecule has 1 saturated heterocycles. The van der Waals surface area contributed by atoms with Gasteiger partial charge in [-0.2, -0.15) is 4.31 Å². The van der Waals surface area contributed by atoms with Gasteiger partial charge < -0.3 is 10.2 Å². The van der Waals surface area contributed by atoms with Gasteiger partial charge in [0.2, 0.25) is 21.8 Å². The Labute approximate surface area is 161 Å². The van der Waals surface area contributed by atoms with Crippen LogP contribution in [0.15, 0.2) is 29.2 Å². The maximum atomic E-state index is 12.8. The Bertz CT molecular complexity index is 756. The summed E-state index contributed by atoms with van der Waals surface area (Å²) in [6.45, 7) is 7.55. The molecule has 0 saturated carbocycles. The minimum absolute atomic E-state index is 0.123. The molecule has 0 radical (unpaired) electrons. The second kappa shape index (κ2) is 9.32. The van der Waals surface area contributed by atoms with E-state index in [1.54, 1.807) is 17.0 Å². The molecule has 0 aromatic heterocycles. The van der Waals surface area contributed by atoms with E-state index in [-0.39, 0.29) is 29.0 Å². The lowest BCUT2D eigenvalue weighted by atomic mass is 10.1. The third kappa shape index (κ3) is 4.87. The molecule has 0 unspecified atom stereocenters. The molecule has 1 aromatic carbocycles. The third-order valence-corrected chi connectivity index (χ3v) is 6.49. The summed E-state index contributed by atoms with van der Waals surface area (Å²) >= 11 is 0. The summed E-state index contributed by atoms with van der Waals surface area (Å²) in [7, 11) is -3.54. The van der Waals surface area contributed by atoms with E-state index in [1.165, 1.54) is 16.4 Å². The lowest BCUT2D eigenvalue weighted by molar-refractivity contribution is -0.126. The van der Waals surface area contributed by atoms with Gasteiger partial charge in [-0.15, -0.1) is 0 Å². The molecule has 8 heteroatoms. The SMILES string of the molecule is CCCN(CCC)S(=O)(=O)c1ccc(N2C[C@H](C(=O)NCC)CC2=O)cc1. The first-order valence-corrected chi connectivity index (χ1v) is 11.0. The number of carbonyl (C=O) groups excluding carboxylic acids is 2. The minimum Gasteiger partial charge on any atom is -0.356 e. The molecule has 1 atom stereocenters. The van der Waals surface area contributed by atoms with Gasteiger partial charge in [0.15, 0.2) is 0 Å². The molecule has 1 heterocycles. The van der Waals surface area contributed by atoms with Crippen molar-refractivity contribution < 1.29 is 18.0 Å². The summed E-state index contributed by atoms with van der Waals surface area (Å²) in [5.41, 5.74) is 0.614. The van der Waals surface area contributed by atoms with E-state index in [0.717, 1.165) is 12.8 Å². The standard InChI is InChI=1S/C19H29N3O4S/c1-4-11-21(12-5-2)27(25,26)17-9-7-16(8-10-17)22-14-15(13-18(22)23)19(24)20-6-3/h7-10,15H,4-6,11-14H2,1-3H3,(H,20,24)/t15-/m1/s1. The largest absolute Gasteiger partial charge is 0.356 e. The zero-order chi connectivity index (χ0) is 20.0. The number of nitrogens with one attached hydrogen (secondary N) is 1. The van der Waals surface area contributed by atoms with Gasteiger partial charge >= 0.3 is 0 Å². The summed E-state index contributed by atoms with van der Waals surface area (Å²) in [4.78, 5) is 26.0. The molecule has 0 spiro atoms. The molecule has 0 bridgehead atoms. The monoisotopic (exact) mass is 395 g/mol. The van der Waals surface area contributed by atoms with Crippen molar-refractivity contribution in [3.8, 4) is 0 Å². The van der Waals surface area contributed by atoms with Crippen LogP contribution < -0.4 is 10.2 Å². The van der Waals surface area contributed by atoms with Crippen molar-refractivity contribution in [2.75, 3.05) is 31.1 Å². The highest BCUT2D eigenvalue weighted by Gasteiger charge is 2.35. The predicted molar refractivity (Wildman–Crippen MR) is 105 cm³/mol. The molecule has 0 aliphatic carbocycles. The number of anilines is 1. The summed E-state index contributed by atoms with van der Waals surface area (Å²) in [5.74, 6) is -0.617. The van der Waals surface area contributed by atoms with E-state index in [0.29, 0.717) is 31.9 Å². The molecular formula is C19H29N3O4S. The van der Waals surface area contributed by atoms with E-state index in [9.17, 15) is 18.0 Å². The second-order valence-electron chi connectivity index (χ2n) is 6.70. The van der Waals surface area contributed by atoms with Crippen LogP contribution in [0.25, 0.3) is 0 Å². The van der Waals surface area contributed by atoms with E-state index < -0.39 is 10.0 Å². The van der Waals surface area contributed by atoms with Gasteiger partial charge in [-0.3, -0.25) is 9.59 Å². The maximum Gasteiger partial charge on any atom is 0.243 e. The van der Waals surface area contributed by atoms with Gasteiger partial charge in [0.05, 0.1) is 10.8 Å². The molecule has 1 aliphatic heterocycles. The van der Waals surface area contributed by atoms with Crippen LogP contribution in [0.4, 0.5) is 5.69 Å². The highest BCUT2D eigenvalue weighted by molar-refractivity contribution is 7.89. The Morgan fingerprint density at radius 1 is 1.15 bits per heavy atom. The quantitative estimate of drug-likeness (QED) is 0.693. The zero-order valence-electron chi connectivity index (χ0n) is 16.3. The van der Waals surface area contributed by atoms with Gasteiger partial charge in [0, 0.05) is 38.3 Å². The van der Waals surface area contributed by atoms with Gasteiger partial charge in [-0.05, 0) is 44.0 Å². The number of hydrogen-bond acceptors (Lipinski definition) is 4. The van der Waals surface area contributed by atoms with Crippen molar-refractivity contribution in [3.63, 3.8) is 0 Å². The second-order valence-corrected chi connectivity index (χ2v) is 8.64. The number of carbonyl (C=O) groups is 2. The van der Waals surface area contributed by atoms with E-state index in [1.807, 2.05) is 20.8 Å². The molecule has 1 aromatic rings. The Balaban J connectivity index is 2.17. The fourth-order valence-corrected chi connectivity index (χ4v) is 4.87. The summed E-state index contributed by atoms with van der Waals surface area (Å²) in [5, 5.41) is 2.74. The average Bonchev–Trinajstić information content (AvgIpc) is 3.04. The fourth-order valence-electron chi connectivity index (χ4n) is 3.25. The fraction of sp³-hybridized carbons (Fsp3) is 0.579. The van der Waals surface area contributed by atoms with Crippen molar-refractivity contribution in [1.29, 1.82) is 0 Å². The van der Waals surface area contributed by atoms with Crippen LogP contribution in [0, 0.1) is 5.92 Å². The van der Waals surface area contributed by atoms with Gasteiger partial charge in [0.25, 0.3) is 0 Å². The Hall–Kier alpha value is -1.93. The van der Waals surface area contributed by atoms with Gasteiger partial charge in [-0.25, -0.2) is 8.42 Å². The van der Waals surface area contributed by atoms with E-state index in [4.69, 9.17) is 0 Å². The molecule has 2 amide bonds. The Kier molecular flexibility index (Phi) is 7.38. The van der Waals surface area contributed by atoms with Gasteiger partial charge in [-0.1, -0.05) is 13.8 Å². The number of hydrogen-bond donors (Lipinski definition) is 1. The van der Waals surface area contributed by atoms with Crippen LogP contribution in [-0.2, 0) is 19.6 Å². The number of sulfonamides is 1. The Morgan fingerprint density at radius 3 is 2.26 bits per heavy atom. The van der Waals surface area contributed by atoms with Crippen LogP contribution >= 0.6 is 0 Å². The lowest BCUT2D eigenvalue weighted by Crippen LogP contribution is -2.33. The van der Waals surface area contributed by atoms with E-state index in [2.05, 4.69) is 5.32 Å². The average molecular weight is 396 g/mol. The van der Waals surface area contributed by atoms with Crippen molar-refractivity contribution in [1.82, 2.24) is 9.62 Å². The molecule has 1 N–H and O–H groups in total. The van der Waals surface area contributed by atoms with Crippen molar-refractivity contribution in [3.05, 3.63) is 24.3 Å². The summed E-state index contributed by atoms with van der Waals surface area (Å²) in [6, 6.07) is 6.35. The highest BCUT2D eigenvalue weighted by Crippen LogP contribution is 2.27. The zero-order valence-corrected chi connectivity index (χ0v) is 17.1. The molecule has 150 valence electrons. The van der Waals surface area contributed by atoms with E-state index >= 15 is 0 Å². The van der Waals surface area contributed by atoms with Crippen LogP contribution in [-0.4, -0.2) is 50.7 Å². The molecule has 1 aliphatic rings. The van der Waals surface area contributed by atoms with Crippen molar-refractivity contribution >= 4 is 27.5 Å². The Morgan fingerprint density at radius 2 is 1.74 bits per heavy atom. The highest BCUT2D eigenvalue weighted by atomic mass is 32.2. The maximum absolute atomic E-state index is 12.8. The molecule has 27 heavy (non-hydrogen) atoms. The molecule has 1 fully saturated rings. The van der Waals surface area contributed by atoms with Crippen molar-refractivity contribution in [2.45, 2.75) is 44.9 Å². The number of nitrogens with zero attached hydrogens (tertiary/aromatic N) is 2. The smallest absolute Gasteiger partial charge is 0.243 e. The minimum atomic E-state index is -3.54. The number of rotatable bonds is 9. The molecule has 2 rings (SSSR count). The van der Waals surface area contributed by atoms with Crippen LogP contribution in [0.3, 0.4) is 0 Å².